The van der Waals surface area contributed by atoms with E-state index in [9.17, 15) is 19.5 Å². The van der Waals surface area contributed by atoms with Gasteiger partial charge in [-0.2, -0.15) is 0 Å². The zero-order valence-electron chi connectivity index (χ0n) is 21.1. The summed E-state index contributed by atoms with van der Waals surface area (Å²) in [6, 6.07) is 4.35. The molecule has 0 saturated carbocycles. The number of esters is 1. The van der Waals surface area contributed by atoms with Gasteiger partial charge >= 0.3 is 5.97 Å². The maximum atomic E-state index is 14.4. The number of cyclic esters (lactones) is 1. The Morgan fingerprint density at radius 2 is 1.97 bits per heavy atom. The van der Waals surface area contributed by atoms with Gasteiger partial charge < -0.3 is 24.4 Å². The number of carbonyl (C=O) groups is 3. The first-order valence-corrected chi connectivity index (χ1v) is 12.8. The lowest BCUT2D eigenvalue weighted by molar-refractivity contribution is -0.155. The summed E-state index contributed by atoms with van der Waals surface area (Å²) in [5, 5.41) is 10.2. The number of carbonyl (C=O) groups excluding carboxylic acids is 3. The minimum Gasteiger partial charge on any atom is -0.465 e. The molecule has 1 N–H and O–H groups in total. The van der Waals surface area contributed by atoms with Gasteiger partial charge in [-0.1, -0.05) is 43.4 Å². The molecule has 1 spiro atoms. The second-order valence-corrected chi connectivity index (χ2v) is 10.2. The summed E-state index contributed by atoms with van der Waals surface area (Å²) < 4.78 is 12.1. The van der Waals surface area contributed by atoms with Crippen LogP contribution in [-0.4, -0.2) is 71.3 Å². The first-order valence-electron chi connectivity index (χ1n) is 12.8. The molecule has 2 fully saturated rings. The number of allylic oxidation sites excluding steroid dienone is 1. The largest absolute Gasteiger partial charge is 0.465 e. The van der Waals surface area contributed by atoms with E-state index in [2.05, 4.69) is 0 Å². The normalized spacial score (nSPS) is 33.6. The minimum atomic E-state index is -1.33. The lowest BCUT2D eigenvalue weighted by Gasteiger charge is -2.38. The van der Waals surface area contributed by atoms with Crippen molar-refractivity contribution < 1.29 is 29.0 Å². The monoisotopic (exact) mass is 494 g/mol. The van der Waals surface area contributed by atoms with Gasteiger partial charge in [0.25, 0.3) is 5.91 Å². The van der Waals surface area contributed by atoms with Crippen LogP contribution in [0.2, 0.25) is 0 Å². The number of hydrogen-bond donors (Lipinski definition) is 1. The number of aliphatic hydroxyl groups is 1. The van der Waals surface area contributed by atoms with Crippen LogP contribution in [0.15, 0.2) is 42.5 Å². The number of nitrogens with zero attached hydrogens (tertiary/aromatic N) is 2. The maximum absolute atomic E-state index is 14.4. The Morgan fingerprint density at radius 1 is 1.17 bits per heavy atom. The maximum Gasteiger partial charge on any atom is 0.312 e. The zero-order valence-corrected chi connectivity index (χ0v) is 21.1. The number of fused-ring (bicyclic) bond motifs is 2. The molecule has 4 aliphatic heterocycles. The van der Waals surface area contributed by atoms with E-state index in [1.54, 1.807) is 4.90 Å². The molecule has 8 heteroatoms. The van der Waals surface area contributed by atoms with Crippen molar-refractivity contribution in [3.8, 4) is 0 Å². The number of anilines is 1. The molecule has 36 heavy (non-hydrogen) atoms. The summed E-state index contributed by atoms with van der Waals surface area (Å²) in [5.74, 6) is -2.88. The standard InChI is InChI=1S/C28H34N2O6/c1-4-19(16-31)30-24-26(33)29(20-15-17(2)10-11-18(20)3)13-8-12-28(24)23(25(30)32)22-21(36-28)9-6-5-7-14-35-27(22)34/h6,8-12,15,19,21-24,31H,4-5,7,13-14,16H2,1-3H3/b9-6-/t19-,21+,22-,23-,24?,28-/m0/s1. The van der Waals surface area contributed by atoms with Gasteiger partial charge in [-0.3, -0.25) is 14.4 Å². The number of amides is 2. The summed E-state index contributed by atoms with van der Waals surface area (Å²) in [7, 11) is 0. The van der Waals surface area contributed by atoms with E-state index in [1.807, 2.05) is 63.3 Å². The number of rotatable bonds is 4. The van der Waals surface area contributed by atoms with Crippen molar-refractivity contribution in [1.82, 2.24) is 4.90 Å². The molecule has 0 aliphatic carbocycles. The number of benzene rings is 1. The molecular weight excluding hydrogens is 460 g/mol. The second-order valence-electron chi connectivity index (χ2n) is 10.2. The topological polar surface area (TPSA) is 96.4 Å². The van der Waals surface area contributed by atoms with Crippen molar-refractivity contribution in [2.24, 2.45) is 11.8 Å². The number of aliphatic hydroxyl groups excluding tert-OH is 1. The summed E-state index contributed by atoms with van der Waals surface area (Å²) in [4.78, 5) is 44.9. The van der Waals surface area contributed by atoms with Crippen LogP contribution in [0.1, 0.15) is 37.3 Å². The molecular formula is C28H34N2O6. The highest BCUT2D eigenvalue weighted by Crippen LogP contribution is 2.54. The molecule has 6 atom stereocenters. The second kappa shape index (κ2) is 9.48. The average molecular weight is 495 g/mol. The third-order valence-electron chi connectivity index (χ3n) is 8.02. The molecule has 8 nitrogen and oxygen atoms in total. The van der Waals surface area contributed by atoms with Gasteiger partial charge in [0.05, 0.1) is 31.3 Å². The zero-order chi connectivity index (χ0) is 25.6. The number of likely N-dealkylation sites (tertiary alicyclic amines) is 1. The average Bonchev–Trinajstić information content (AvgIpc) is 3.27. The molecule has 2 saturated heterocycles. The van der Waals surface area contributed by atoms with Crippen LogP contribution >= 0.6 is 0 Å². The Labute approximate surface area is 211 Å². The number of aryl methyl sites for hydroxylation is 2. The molecule has 1 unspecified atom stereocenters. The van der Waals surface area contributed by atoms with E-state index < -0.39 is 41.6 Å². The van der Waals surface area contributed by atoms with E-state index in [1.165, 1.54) is 4.90 Å². The minimum absolute atomic E-state index is 0.275. The smallest absolute Gasteiger partial charge is 0.312 e. The quantitative estimate of drug-likeness (QED) is 0.510. The third kappa shape index (κ3) is 3.69. The van der Waals surface area contributed by atoms with Crippen LogP contribution in [-0.2, 0) is 23.9 Å². The van der Waals surface area contributed by atoms with E-state index in [0.717, 1.165) is 23.2 Å². The highest BCUT2D eigenvalue weighted by molar-refractivity contribution is 6.06. The molecule has 4 aliphatic rings. The van der Waals surface area contributed by atoms with Gasteiger partial charge in [0, 0.05) is 12.2 Å². The van der Waals surface area contributed by atoms with Crippen LogP contribution in [0.25, 0.3) is 0 Å². The number of hydrogen-bond acceptors (Lipinski definition) is 6. The fourth-order valence-electron chi connectivity index (χ4n) is 6.23. The molecule has 4 heterocycles. The van der Waals surface area contributed by atoms with Crippen molar-refractivity contribution in [3.05, 3.63) is 53.6 Å². The molecule has 1 aromatic rings. The van der Waals surface area contributed by atoms with E-state index in [-0.39, 0.29) is 25.0 Å². The summed E-state index contributed by atoms with van der Waals surface area (Å²) in [5.41, 5.74) is 1.40. The Hall–Kier alpha value is -2.97. The van der Waals surface area contributed by atoms with Gasteiger partial charge in [-0.05, 0) is 50.3 Å². The van der Waals surface area contributed by atoms with Crippen molar-refractivity contribution in [1.29, 1.82) is 0 Å². The van der Waals surface area contributed by atoms with Crippen LogP contribution in [0, 0.1) is 25.7 Å². The predicted octanol–water partition coefficient (Wildman–Crippen LogP) is 2.45. The molecule has 192 valence electrons. The van der Waals surface area contributed by atoms with Gasteiger partial charge in [0.2, 0.25) is 5.91 Å². The Morgan fingerprint density at radius 3 is 2.72 bits per heavy atom. The van der Waals surface area contributed by atoms with Gasteiger partial charge in [-0.15, -0.1) is 0 Å². The van der Waals surface area contributed by atoms with Crippen LogP contribution in [0.3, 0.4) is 0 Å². The fourth-order valence-corrected chi connectivity index (χ4v) is 6.23. The van der Waals surface area contributed by atoms with Crippen molar-refractivity contribution >= 4 is 23.5 Å². The Kier molecular flexibility index (Phi) is 6.51. The van der Waals surface area contributed by atoms with E-state index in [4.69, 9.17) is 9.47 Å². The lowest BCUT2D eigenvalue weighted by Crippen LogP contribution is -2.58. The van der Waals surface area contributed by atoms with Gasteiger partial charge in [0.1, 0.15) is 17.6 Å². The summed E-state index contributed by atoms with van der Waals surface area (Å²) >= 11 is 0. The molecule has 0 bridgehead atoms. The lowest BCUT2D eigenvalue weighted by atomic mass is 9.78. The van der Waals surface area contributed by atoms with Crippen LogP contribution in [0.5, 0.6) is 0 Å². The van der Waals surface area contributed by atoms with E-state index in [0.29, 0.717) is 19.4 Å². The fraction of sp³-hybridized carbons (Fsp3) is 0.536. The van der Waals surface area contributed by atoms with Crippen LogP contribution in [0.4, 0.5) is 5.69 Å². The highest BCUT2D eigenvalue weighted by Gasteiger charge is 2.72. The highest BCUT2D eigenvalue weighted by atomic mass is 16.6. The van der Waals surface area contributed by atoms with Crippen molar-refractivity contribution in [2.45, 2.75) is 63.8 Å². The molecule has 2 amide bonds. The number of ether oxygens (including phenoxy) is 2. The van der Waals surface area contributed by atoms with Crippen LogP contribution < -0.4 is 4.90 Å². The van der Waals surface area contributed by atoms with Gasteiger partial charge in [0.15, 0.2) is 0 Å². The SMILES string of the molecule is CC[C@@H](CO)N1C(=O)[C@@H]2[C@H]3C(=O)OCCC/C=C\[C@H]3O[C@@]23C=CCN(c2cc(C)ccc2C)C(=O)C13. The predicted molar refractivity (Wildman–Crippen MR) is 133 cm³/mol. The molecule has 5 rings (SSSR count). The molecule has 0 aromatic heterocycles. The Bertz CT molecular complexity index is 1130. The van der Waals surface area contributed by atoms with Crippen molar-refractivity contribution in [3.63, 3.8) is 0 Å². The third-order valence-corrected chi connectivity index (χ3v) is 8.02. The molecule has 1 aromatic carbocycles. The Balaban J connectivity index is 1.66. The first kappa shape index (κ1) is 24.7. The first-order chi connectivity index (χ1) is 17.3. The van der Waals surface area contributed by atoms with Gasteiger partial charge in [-0.25, -0.2) is 0 Å². The van der Waals surface area contributed by atoms with Crippen molar-refractivity contribution in [2.75, 3.05) is 24.7 Å². The summed E-state index contributed by atoms with van der Waals surface area (Å²) in [6.45, 7) is 6.09. The summed E-state index contributed by atoms with van der Waals surface area (Å²) in [6.07, 6.45) is 8.70. The molecule has 0 radical (unpaired) electrons. The van der Waals surface area contributed by atoms with E-state index >= 15 is 0 Å².